The van der Waals surface area contributed by atoms with Gasteiger partial charge in [0, 0.05) is 32.3 Å². The summed E-state index contributed by atoms with van der Waals surface area (Å²) < 4.78 is 5.15. The van der Waals surface area contributed by atoms with Crippen molar-refractivity contribution in [3.8, 4) is 0 Å². The number of nitrogens with zero attached hydrogens (tertiary/aromatic N) is 2. The van der Waals surface area contributed by atoms with Gasteiger partial charge in [-0.3, -0.25) is 9.59 Å². The van der Waals surface area contributed by atoms with Crippen LogP contribution in [0.4, 0.5) is 0 Å². The van der Waals surface area contributed by atoms with Crippen molar-refractivity contribution in [1.82, 2.24) is 9.80 Å². The van der Waals surface area contributed by atoms with Gasteiger partial charge in [0.2, 0.25) is 5.91 Å². The average molecular weight is 330 g/mol. The van der Waals surface area contributed by atoms with Gasteiger partial charge in [0.25, 0.3) is 5.91 Å². The smallest absolute Gasteiger partial charge is 0.254 e. The second kappa shape index (κ2) is 7.79. The predicted octanol–water partition coefficient (Wildman–Crippen LogP) is 2.45. The lowest BCUT2D eigenvalue weighted by atomic mass is 9.99. The predicted molar refractivity (Wildman–Crippen MR) is 91.6 cm³/mol. The molecule has 3 rings (SSSR count). The zero-order chi connectivity index (χ0) is 16.9. The van der Waals surface area contributed by atoms with Gasteiger partial charge in [-0.05, 0) is 49.8 Å². The first-order valence-corrected chi connectivity index (χ1v) is 8.88. The first-order chi connectivity index (χ1) is 11.7. The third-order valence-corrected chi connectivity index (χ3v) is 4.95. The second-order valence-corrected chi connectivity index (χ2v) is 6.68. The Morgan fingerprint density at radius 2 is 1.88 bits per heavy atom. The highest BCUT2D eigenvalue weighted by molar-refractivity contribution is 5.97. The van der Waals surface area contributed by atoms with Crippen molar-refractivity contribution in [2.75, 3.05) is 26.7 Å². The fourth-order valence-electron chi connectivity index (χ4n) is 3.71. The van der Waals surface area contributed by atoms with Crippen LogP contribution in [-0.2, 0) is 16.1 Å². The minimum Gasteiger partial charge on any atom is -0.380 e. The van der Waals surface area contributed by atoms with E-state index >= 15 is 0 Å². The zero-order valence-corrected chi connectivity index (χ0v) is 14.4. The molecule has 5 heteroatoms. The number of amides is 2. The summed E-state index contributed by atoms with van der Waals surface area (Å²) in [4.78, 5) is 29.5. The molecule has 130 valence electrons. The number of methoxy groups -OCH3 is 1. The lowest BCUT2D eigenvalue weighted by Gasteiger charge is -2.36. The summed E-state index contributed by atoms with van der Waals surface area (Å²) >= 11 is 0. The molecule has 2 aliphatic heterocycles. The lowest BCUT2D eigenvalue weighted by Crippen LogP contribution is -2.52. The molecule has 1 unspecified atom stereocenters. The number of piperidine rings is 1. The van der Waals surface area contributed by atoms with Crippen molar-refractivity contribution in [2.24, 2.45) is 0 Å². The van der Waals surface area contributed by atoms with Crippen molar-refractivity contribution in [1.29, 1.82) is 0 Å². The first-order valence-electron chi connectivity index (χ1n) is 8.88. The van der Waals surface area contributed by atoms with Gasteiger partial charge in [0.05, 0.1) is 6.61 Å². The number of benzene rings is 1. The number of rotatable bonds is 4. The molecule has 0 spiro atoms. The minimum absolute atomic E-state index is 0.0369. The zero-order valence-electron chi connectivity index (χ0n) is 14.4. The van der Waals surface area contributed by atoms with E-state index in [1.54, 1.807) is 12.0 Å². The number of hydrogen-bond donors (Lipinski definition) is 0. The van der Waals surface area contributed by atoms with Gasteiger partial charge in [-0.25, -0.2) is 0 Å². The van der Waals surface area contributed by atoms with Crippen molar-refractivity contribution in [3.63, 3.8) is 0 Å². The molecule has 0 radical (unpaired) electrons. The number of carbonyl (C=O) groups excluding carboxylic acids is 2. The van der Waals surface area contributed by atoms with E-state index < -0.39 is 0 Å². The number of likely N-dealkylation sites (tertiary alicyclic amines) is 2. The molecule has 2 heterocycles. The van der Waals surface area contributed by atoms with Crippen LogP contribution in [0.3, 0.4) is 0 Å². The fourth-order valence-corrected chi connectivity index (χ4v) is 3.71. The quantitative estimate of drug-likeness (QED) is 0.852. The van der Waals surface area contributed by atoms with E-state index in [2.05, 4.69) is 0 Å². The first kappa shape index (κ1) is 17.0. The van der Waals surface area contributed by atoms with Crippen LogP contribution in [0, 0.1) is 0 Å². The van der Waals surface area contributed by atoms with Crippen LogP contribution < -0.4 is 0 Å². The summed E-state index contributed by atoms with van der Waals surface area (Å²) in [5.41, 5.74) is 1.62. The molecule has 0 N–H and O–H groups in total. The Bertz CT molecular complexity index is 596. The van der Waals surface area contributed by atoms with Crippen LogP contribution in [0.25, 0.3) is 0 Å². The normalized spacial score (nSPS) is 21.1. The molecule has 0 bridgehead atoms. The summed E-state index contributed by atoms with van der Waals surface area (Å²) in [5, 5.41) is 0. The minimum atomic E-state index is -0.296. The molecule has 0 aromatic heterocycles. The van der Waals surface area contributed by atoms with Crippen LogP contribution in [0.1, 0.15) is 48.0 Å². The monoisotopic (exact) mass is 330 g/mol. The van der Waals surface area contributed by atoms with Gasteiger partial charge in [-0.1, -0.05) is 12.1 Å². The second-order valence-electron chi connectivity index (χ2n) is 6.68. The van der Waals surface area contributed by atoms with E-state index in [9.17, 15) is 9.59 Å². The Balaban J connectivity index is 1.78. The Morgan fingerprint density at radius 1 is 1.12 bits per heavy atom. The van der Waals surface area contributed by atoms with E-state index in [1.807, 2.05) is 29.2 Å². The Labute approximate surface area is 143 Å². The summed E-state index contributed by atoms with van der Waals surface area (Å²) in [6, 6.07) is 7.23. The van der Waals surface area contributed by atoms with Crippen LogP contribution in [0.15, 0.2) is 24.3 Å². The van der Waals surface area contributed by atoms with Crippen LogP contribution in [0.2, 0.25) is 0 Å². The highest BCUT2D eigenvalue weighted by Crippen LogP contribution is 2.23. The maximum Gasteiger partial charge on any atom is 0.254 e. The lowest BCUT2D eigenvalue weighted by molar-refractivity contribution is -0.136. The van der Waals surface area contributed by atoms with Gasteiger partial charge >= 0.3 is 0 Å². The highest BCUT2D eigenvalue weighted by Gasteiger charge is 2.35. The summed E-state index contributed by atoms with van der Waals surface area (Å²) in [5.74, 6) is 0.0961. The van der Waals surface area contributed by atoms with Gasteiger partial charge in [-0.2, -0.15) is 0 Å². The van der Waals surface area contributed by atoms with Crippen molar-refractivity contribution in [2.45, 2.75) is 44.8 Å². The molecule has 2 aliphatic rings. The maximum atomic E-state index is 13.0. The van der Waals surface area contributed by atoms with Crippen molar-refractivity contribution in [3.05, 3.63) is 35.4 Å². The molecule has 24 heavy (non-hydrogen) atoms. The number of carbonyl (C=O) groups is 2. The van der Waals surface area contributed by atoms with Crippen LogP contribution >= 0.6 is 0 Å². The molecular weight excluding hydrogens is 304 g/mol. The molecule has 1 aromatic rings. The molecule has 1 atom stereocenters. The van der Waals surface area contributed by atoms with E-state index in [1.165, 1.54) is 0 Å². The highest BCUT2D eigenvalue weighted by atomic mass is 16.5. The molecule has 0 aliphatic carbocycles. The van der Waals surface area contributed by atoms with E-state index in [-0.39, 0.29) is 17.9 Å². The van der Waals surface area contributed by atoms with E-state index in [4.69, 9.17) is 4.74 Å². The van der Waals surface area contributed by atoms with Gasteiger partial charge in [-0.15, -0.1) is 0 Å². The van der Waals surface area contributed by atoms with Gasteiger partial charge in [0.15, 0.2) is 0 Å². The Kier molecular flexibility index (Phi) is 5.51. The fraction of sp³-hybridized carbons (Fsp3) is 0.579. The molecule has 0 saturated carbocycles. The number of ether oxygens (including phenoxy) is 1. The standard InChI is InChI=1S/C19H26N2O3/c1-24-14-15-7-6-8-16(13-15)18(22)21-12-3-2-9-17(21)19(23)20-10-4-5-11-20/h6-8,13,17H,2-5,9-12,14H2,1H3. The van der Waals surface area contributed by atoms with E-state index in [0.717, 1.165) is 50.8 Å². The SMILES string of the molecule is COCc1cccc(C(=O)N2CCCCC2C(=O)N2CCCC2)c1. The summed E-state index contributed by atoms with van der Waals surface area (Å²) in [6.07, 6.45) is 4.90. The third-order valence-electron chi connectivity index (χ3n) is 4.95. The molecule has 2 fully saturated rings. The average Bonchev–Trinajstić information content (AvgIpc) is 3.16. The molecule has 5 nitrogen and oxygen atoms in total. The molecule has 2 amide bonds. The van der Waals surface area contributed by atoms with Gasteiger partial charge < -0.3 is 14.5 Å². The molecular formula is C19H26N2O3. The Morgan fingerprint density at radius 3 is 2.62 bits per heavy atom. The summed E-state index contributed by atoms with van der Waals surface area (Å²) in [7, 11) is 1.64. The summed E-state index contributed by atoms with van der Waals surface area (Å²) in [6.45, 7) is 2.82. The molecule has 2 saturated heterocycles. The van der Waals surface area contributed by atoms with Crippen molar-refractivity contribution < 1.29 is 14.3 Å². The van der Waals surface area contributed by atoms with Gasteiger partial charge in [0.1, 0.15) is 6.04 Å². The van der Waals surface area contributed by atoms with Crippen LogP contribution in [-0.4, -0.2) is 54.4 Å². The maximum absolute atomic E-state index is 13.0. The van der Waals surface area contributed by atoms with E-state index in [0.29, 0.717) is 18.7 Å². The topological polar surface area (TPSA) is 49.9 Å². The third kappa shape index (κ3) is 3.61. The largest absolute Gasteiger partial charge is 0.380 e. The van der Waals surface area contributed by atoms with Crippen molar-refractivity contribution >= 4 is 11.8 Å². The molecule has 1 aromatic carbocycles. The number of hydrogen-bond acceptors (Lipinski definition) is 3. The Hall–Kier alpha value is -1.88. The van der Waals surface area contributed by atoms with Crippen LogP contribution in [0.5, 0.6) is 0 Å².